The van der Waals surface area contributed by atoms with Crippen molar-refractivity contribution in [3.8, 4) is 0 Å². The van der Waals surface area contributed by atoms with Crippen LogP contribution in [0.1, 0.15) is 30.0 Å². The molecular weight excluding hydrogens is 310 g/mol. The van der Waals surface area contributed by atoms with Crippen LogP contribution in [0.3, 0.4) is 0 Å². The normalized spacial score (nSPS) is 22.9. The summed E-state index contributed by atoms with van der Waals surface area (Å²) in [4.78, 5) is 14.0. The molecule has 3 atom stereocenters. The van der Waals surface area contributed by atoms with Gasteiger partial charge in [-0.2, -0.15) is 0 Å². The molecule has 1 aliphatic heterocycles. The first-order valence-electron chi connectivity index (χ1n) is 7.83. The molecule has 0 bridgehead atoms. The summed E-state index contributed by atoms with van der Waals surface area (Å²) in [5.41, 5.74) is 2.26. The van der Waals surface area contributed by atoms with Crippen LogP contribution in [0.15, 0.2) is 54.6 Å². The summed E-state index contributed by atoms with van der Waals surface area (Å²) in [5.74, 6) is -1.12. The van der Waals surface area contributed by atoms with Gasteiger partial charge in [-0.25, -0.2) is 0 Å². The molecule has 4 heteroatoms. The fourth-order valence-corrected chi connectivity index (χ4v) is 3.52. The molecule has 2 aromatic rings. The Morgan fingerprint density at radius 2 is 1.78 bits per heavy atom. The quantitative estimate of drug-likeness (QED) is 0.913. The van der Waals surface area contributed by atoms with Crippen LogP contribution in [0.25, 0.3) is 0 Å². The van der Waals surface area contributed by atoms with E-state index in [0.29, 0.717) is 11.6 Å². The van der Waals surface area contributed by atoms with Gasteiger partial charge in [0.2, 0.25) is 0 Å². The number of carboxylic acid groups (broad SMARTS) is 1. The van der Waals surface area contributed by atoms with Gasteiger partial charge in [0.1, 0.15) is 0 Å². The molecule has 0 amide bonds. The highest BCUT2D eigenvalue weighted by molar-refractivity contribution is 6.30. The molecule has 23 heavy (non-hydrogen) atoms. The van der Waals surface area contributed by atoms with Crippen LogP contribution in [0.4, 0.5) is 0 Å². The highest BCUT2D eigenvalue weighted by Crippen LogP contribution is 2.37. The lowest BCUT2D eigenvalue weighted by molar-refractivity contribution is -0.141. The van der Waals surface area contributed by atoms with E-state index in [2.05, 4.69) is 24.0 Å². The van der Waals surface area contributed by atoms with Crippen LogP contribution in [0, 0.1) is 5.92 Å². The minimum atomic E-state index is -0.729. The summed E-state index contributed by atoms with van der Waals surface area (Å²) in [6.45, 7) is 3.45. The van der Waals surface area contributed by atoms with Gasteiger partial charge in [0.15, 0.2) is 0 Å². The third-order valence-electron chi connectivity index (χ3n) is 4.79. The standard InChI is InChI=1S/C19H20ClNO2/c1-13(14-5-3-2-4-6-14)21-11-17(18(12-21)19(22)23)15-7-9-16(20)10-8-15/h2-10,13,17-18H,11-12H2,1H3,(H,22,23)/t13?,17-,18+/m0/s1. The molecule has 0 aliphatic carbocycles. The van der Waals surface area contributed by atoms with E-state index in [1.165, 1.54) is 5.56 Å². The molecule has 2 aromatic carbocycles. The summed E-state index contributed by atoms with van der Waals surface area (Å²) in [6, 6.07) is 18.0. The molecule has 3 nitrogen and oxygen atoms in total. The second-order valence-corrected chi connectivity index (χ2v) is 6.58. The van der Waals surface area contributed by atoms with Gasteiger partial charge in [0.25, 0.3) is 0 Å². The maximum absolute atomic E-state index is 11.7. The van der Waals surface area contributed by atoms with Crippen molar-refractivity contribution in [1.82, 2.24) is 4.90 Å². The number of likely N-dealkylation sites (tertiary alicyclic amines) is 1. The molecule has 1 N–H and O–H groups in total. The van der Waals surface area contributed by atoms with Crippen LogP contribution < -0.4 is 0 Å². The van der Waals surface area contributed by atoms with Gasteiger partial charge < -0.3 is 5.11 Å². The Bertz CT molecular complexity index is 672. The molecule has 0 radical (unpaired) electrons. The average molecular weight is 330 g/mol. The summed E-state index contributed by atoms with van der Waals surface area (Å²) < 4.78 is 0. The van der Waals surface area contributed by atoms with E-state index in [1.807, 2.05) is 42.5 Å². The van der Waals surface area contributed by atoms with Crippen LogP contribution >= 0.6 is 11.6 Å². The fourth-order valence-electron chi connectivity index (χ4n) is 3.39. The lowest BCUT2D eigenvalue weighted by Crippen LogP contribution is -2.26. The Morgan fingerprint density at radius 1 is 1.13 bits per heavy atom. The average Bonchev–Trinajstić information content (AvgIpc) is 3.01. The van der Waals surface area contributed by atoms with Crippen molar-refractivity contribution in [1.29, 1.82) is 0 Å². The second-order valence-electron chi connectivity index (χ2n) is 6.14. The molecule has 120 valence electrons. The molecule has 1 heterocycles. The third-order valence-corrected chi connectivity index (χ3v) is 5.05. The predicted molar refractivity (Wildman–Crippen MR) is 91.7 cm³/mol. The molecule has 0 saturated carbocycles. The van der Waals surface area contributed by atoms with Crippen LogP contribution in [-0.2, 0) is 4.79 Å². The number of nitrogens with zero attached hydrogens (tertiary/aromatic N) is 1. The van der Waals surface area contributed by atoms with Gasteiger partial charge in [-0.05, 0) is 30.2 Å². The Morgan fingerprint density at radius 3 is 2.39 bits per heavy atom. The molecule has 3 rings (SSSR count). The minimum absolute atomic E-state index is 0.00377. The first-order valence-corrected chi connectivity index (χ1v) is 8.21. The fraction of sp³-hybridized carbons (Fsp3) is 0.316. The third kappa shape index (κ3) is 3.41. The predicted octanol–water partition coefficient (Wildman–Crippen LogP) is 4.20. The number of aliphatic carboxylic acids is 1. The van der Waals surface area contributed by atoms with Crippen LogP contribution in [-0.4, -0.2) is 29.1 Å². The van der Waals surface area contributed by atoms with Gasteiger partial charge in [-0.15, -0.1) is 0 Å². The Balaban J connectivity index is 1.83. The van der Waals surface area contributed by atoms with Crippen molar-refractivity contribution in [2.45, 2.75) is 18.9 Å². The molecule has 1 unspecified atom stereocenters. The Labute approximate surface area is 141 Å². The van der Waals surface area contributed by atoms with Gasteiger partial charge in [-0.1, -0.05) is 54.1 Å². The zero-order valence-corrected chi connectivity index (χ0v) is 13.8. The lowest BCUT2D eigenvalue weighted by atomic mass is 9.89. The van der Waals surface area contributed by atoms with E-state index in [-0.39, 0.29) is 17.9 Å². The monoisotopic (exact) mass is 329 g/mol. The largest absolute Gasteiger partial charge is 0.481 e. The van der Waals surface area contributed by atoms with Gasteiger partial charge in [0, 0.05) is 30.1 Å². The maximum Gasteiger partial charge on any atom is 0.308 e. The zero-order chi connectivity index (χ0) is 16.4. The number of carbonyl (C=O) groups is 1. The summed E-state index contributed by atoms with van der Waals surface area (Å²) in [7, 11) is 0. The van der Waals surface area contributed by atoms with Crippen molar-refractivity contribution in [3.63, 3.8) is 0 Å². The van der Waals surface area contributed by atoms with Crippen LogP contribution in [0.2, 0.25) is 5.02 Å². The van der Waals surface area contributed by atoms with Crippen molar-refractivity contribution in [3.05, 3.63) is 70.7 Å². The molecule has 1 fully saturated rings. The summed E-state index contributed by atoms with van der Waals surface area (Å²) >= 11 is 5.95. The van der Waals surface area contributed by atoms with E-state index >= 15 is 0 Å². The summed E-state index contributed by atoms with van der Waals surface area (Å²) in [6.07, 6.45) is 0. The van der Waals surface area contributed by atoms with E-state index in [0.717, 1.165) is 12.1 Å². The zero-order valence-electron chi connectivity index (χ0n) is 13.0. The molecule has 0 spiro atoms. The molecular formula is C19H20ClNO2. The number of hydrogen-bond donors (Lipinski definition) is 1. The maximum atomic E-state index is 11.7. The molecule has 0 aromatic heterocycles. The molecule has 1 aliphatic rings. The van der Waals surface area contributed by atoms with E-state index in [9.17, 15) is 9.90 Å². The van der Waals surface area contributed by atoms with E-state index in [4.69, 9.17) is 11.6 Å². The SMILES string of the molecule is CC(c1ccccc1)N1C[C@@H](C(=O)O)[C@H](c2ccc(Cl)cc2)C1. The Hall–Kier alpha value is -1.84. The smallest absolute Gasteiger partial charge is 0.308 e. The lowest BCUT2D eigenvalue weighted by Gasteiger charge is -2.24. The number of benzene rings is 2. The first kappa shape index (κ1) is 16.0. The number of hydrogen-bond acceptors (Lipinski definition) is 2. The van der Waals surface area contributed by atoms with Crippen LogP contribution in [0.5, 0.6) is 0 Å². The number of carboxylic acids is 1. The van der Waals surface area contributed by atoms with E-state index in [1.54, 1.807) is 0 Å². The first-order chi connectivity index (χ1) is 11.1. The van der Waals surface area contributed by atoms with Gasteiger partial charge >= 0.3 is 5.97 Å². The molecule has 1 saturated heterocycles. The van der Waals surface area contributed by atoms with Crippen molar-refractivity contribution < 1.29 is 9.90 Å². The minimum Gasteiger partial charge on any atom is -0.481 e. The summed E-state index contributed by atoms with van der Waals surface area (Å²) in [5, 5.41) is 10.3. The highest BCUT2D eigenvalue weighted by Gasteiger charge is 2.40. The van der Waals surface area contributed by atoms with Crippen molar-refractivity contribution in [2.75, 3.05) is 13.1 Å². The second kappa shape index (κ2) is 6.73. The topological polar surface area (TPSA) is 40.5 Å². The number of halogens is 1. The Kier molecular flexibility index (Phi) is 4.69. The van der Waals surface area contributed by atoms with Gasteiger partial charge in [-0.3, -0.25) is 9.69 Å². The number of rotatable bonds is 4. The highest BCUT2D eigenvalue weighted by atomic mass is 35.5. The van der Waals surface area contributed by atoms with Gasteiger partial charge in [0.05, 0.1) is 5.92 Å². The van der Waals surface area contributed by atoms with Crippen molar-refractivity contribution in [2.24, 2.45) is 5.92 Å². The van der Waals surface area contributed by atoms with E-state index < -0.39 is 5.97 Å². The van der Waals surface area contributed by atoms with Crippen molar-refractivity contribution >= 4 is 17.6 Å².